The van der Waals surface area contributed by atoms with Crippen molar-refractivity contribution in [2.45, 2.75) is 26.7 Å². The Morgan fingerprint density at radius 1 is 0.743 bits per heavy atom. The molecule has 4 aromatic rings. The van der Waals surface area contributed by atoms with Crippen molar-refractivity contribution < 1.29 is 54.5 Å². The maximum Gasteiger partial charge on any atom is 1.00 e. The molecule has 2 aromatic carbocycles. The van der Waals surface area contributed by atoms with Crippen LogP contribution in [0.5, 0.6) is 0 Å². The predicted molar refractivity (Wildman–Crippen MR) is 138 cm³/mol. The monoisotopic (exact) mass is 518 g/mol. The number of carboxylic acid groups (broad SMARTS) is 1. The SMILES string of the molecule is COC(=O)Cc1ccccc1-c1ccc(C)s1.Cc1ccc(-c2ccccc2CC(=O)O)s1.[Na+].[OH-]. The molecule has 0 amide bonds. The van der Waals surface area contributed by atoms with Crippen LogP contribution in [-0.4, -0.2) is 29.6 Å². The first-order valence-corrected chi connectivity index (χ1v) is 12.1. The van der Waals surface area contributed by atoms with E-state index >= 15 is 0 Å². The van der Waals surface area contributed by atoms with Gasteiger partial charge in [-0.1, -0.05) is 48.5 Å². The number of benzene rings is 2. The summed E-state index contributed by atoms with van der Waals surface area (Å²) in [6, 6.07) is 23.9. The van der Waals surface area contributed by atoms with Crippen molar-refractivity contribution in [3.05, 3.63) is 93.7 Å². The van der Waals surface area contributed by atoms with Gasteiger partial charge in [0.15, 0.2) is 0 Å². The van der Waals surface area contributed by atoms with Crippen LogP contribution in [0.25, 0.3) is 20.9 Å². The number of aryl methyl sites for hydroxylation is 2. The van der Waals surface area contributed by atoms with Crippen molar-refractivity contribution in [1.82, 2.24) is 0 Å². The van der Waals surface area contributed by atoms with Crippen LogP contribution >= 0.6 is 22.7 Å². The number of carbonyl (C=O) groups is 2. The minimum absolute atomic E-state index is 0. The minimum atomic E-state index is -0.791. The molecule has 0 radical (unpaired) electrons. The van der Waals surface area contributed by atoms with Crippen molar-refractivity contribution in [2.24, 2.45) is 0 Å². The zero-order valence-electron chi connectivity index (χ0n) is 20.3. The summed E-state index contributed by atoms with van der Waals surface area (Å²) in [6.07, 6.45) is 0.400. The number of thiophene rings is 2. The molecule has 5 nitrogen and oxygen atoms in total. The van der Waals surface area contributed by atoms with Gasteiger partial charge in [-0.15, -0.1) is 22.7 Å². The average Bonchev–Trinajstić information content (AvgIpc) is 3.42. The summed E-state index contributed by atoms with van der Waals surface area (Å²) < 4.78 is 4.71. The Morgan fingerprint density at radius 3 is 1.54 bits per heavy atom. The Morgan fingerprint density at radius 2 is 1.17 bits per heavy atom. The van der Waals surface area contributed by atoms with E-state index in [4.69, 9.17) is 9.84 Å². The van der Waals surface area contributed by atoms with Crippen molar-refractivity contribution in [3.63, 3.8) is 0 Å². The van der Waals surface area contributed by atoms with Crippen LogP contribution in [-0.2, 0) is 27.2 Å². The predicted octanol–water partition coefficient (Wildman–Crippen LogP) is 3.62. The molecule has 0 saturated heterocycles. The van der Waals surface area contributed by atoms with Gasteiger partial charge in [0, 0.05) is 19.5 Å². The molecule has 2 N–H and O–H groups in total. The summed E-state index contributed by atoms with van der Waals surface area (Å²) in [5.41, 5.74) is 4.04. The molecule has 0 aliphatic carbocycles. The molecule has 35 heavy (non-hydrogen) atoms. The number of aliphatic carboxylic acids is 1. The largest absolute Gasteiger partial charge is 1.00 e. The van der Waals surface area contributed by atoms with Crippen LogP contribution in [0.2, 0.25) is 0 Å². The molecule has 0 aliphatic heterocycles. The standard InChI is InChI=1S/C14H14O2S.C13H12O2S.Na.H2O/c1-10-7-8-13(17-10)12-6-4-3-5-11(12)9-14(15)16-2;1-9-6-7-12(16-9)11-5-3-2-4-10(11)8-13(14)15;;/h3-8H,9H2,1-2H3;2-7H,8H2,1H3,(H,14,15);;1H2/q;;+1;/p-1. The third kappa shape index (κ3) is 9.04. The molecule has 0 spiro atoms. The number of hydrogen-bond donors (Lipinski definition) is 1. The van der Waals surface area contributed by atoms with Crippen molar-refractivity contribution in [2.75, 3.05) is 7.11 Å². The van der Waals surface area contributed by atoms with E-state index in [1.54, 1.807) is 22.7 Å². The first-order valence-electron chi connectivity index (χ1n) is 10.5. The van der Waals surface area contributed by atoms with Gasteiger partial charge in [0.25, 0.3) is 0 Å². The van der Waals surface area contributed by atoms with E-state index < -0.39 is 5.97 Å². The summed E-state index contributed by atoms with van der Waals surface area (Å²) in [4.78, 5) is 26.9. The summed E-state index contributed by atoms with van der Waals surface area (Å²) in [6.45, 7) is 4.13. The van der Waals surface area contributed by atoms with Gasteiger partial charge in [0.2, 0.25) is 0 Å². The van der Waals surface area contributed by atoms with E-state index in [1.807, 2.05) is 61.5 Å². The Kier molecular flexibility index (Phi) is 13.2. The number of hydrogen-bond acceptors (Lipinski definition) is 6. The van der Waals surface area contributed by atoms with Gasteiger partial charge in [0.05, 0.1) is 20.0 Å². The maximum atomic E-state index is 11.4. The third-order valence-corrected chi connectivity index (χ3v) is 7.02. The zero-order valence-corrected chi connectivity index (χ0v) is 23.9. The van der Waals surface area contributed by atoms with Crippen LogP contribution in [0.1, 0.15) is 20.9 Å². The Labute approximate surface area is 236 Å². The van der Waals surface area contributed by atoms with Crippen LogP contribution in [0.4, 0.5) is 0 Å². The third-order valence-electron chi connectivity index (χ3n) is 4.95. The molecule has 0 fully saturated rings. The molecule has 2 aromatic heterocycles. The number of methoxy groups -OCH3 is 1. The number of rotatable bonds is 6. The molecule has 8 heteroatoms. The molecule has 0 unspecified atom stereocenters. The van der Waals surface area contributed by atoms with Gasteiger partial charge in [-0.2, -0.15) is 0 Å². The number of carboxylic acids is 1. The first kappa shape index (κ1) is 30.8. The molecule has 2 heterocycles. The number of ether oxygens (including phenoxy) is 1. The van der Waals surface area contributed by atoms with Crippen molar-refractivity contribution in [1.29, 1.82) is 0 Å². The normalized spacial score (nSPS) is 9.69. The van der Waals surface area contributed by atoms with E-state index in [2.05, 4.69) is 25.1 Å². The molecule has 0 bridgehead atoms. The van der Waals surface area contributed by atoms with Crippen molar-refractivity contribution >= 4 is 34.6 Å². The molecule has 0 aliphatic rings. The Balaban J connectivity index is 0.000000332. The number of esters is 1. The van der Waals surface area contributed by atoms with E-state index in [-0.39, 0.29) is 47.4 Å². The molecule has 4 rings (SSSR count). The van der Waals surface area contributed by atoms with Gasteiger partial charge < -0.3 is 15.3 Å². The molecule has 0 saturated carbocycles. The van der Waals surface area contributed by atoms with Crippen LogP contribution in [0, 0.1) is 13.8 Å². The van der Waals surface area contributed by atoms with E-state index in [1.165, 1.54) is 21.7 Å². The molecule has 0 atom stereocenters. The van der Waals surface area contributed by atoms with E-state index in [0.29, 0.717) is 6.42 Å². The second-order valence-corrected chi connectivity index (χ2v) is 10.0. The minimum Gasteiger partial charge on any atom is -0.870 e. The molecular weight excluding hydrogens is 491 g/mol. The first-order chi connectivity index (χ1) is 15.9. The fourth-order valence-electron chi connectivity index (χ4n) is 3.38. The fourth-order valence-corrected chi connectivity index (χ4v) is 5.24. The van der Waals surface area contributed by atoms with Crippen molar-refractivity contribution in [3.8, 4) is 20.9 Å². The molecule has 178 valence electrons. The van der Waals surface area contributed by atoms with Gasteiger partial charge in [0.1, 0.15) is 0 Å². The van der Waals surface area contributed by atoms with E-state index in [0.717, 1.165) is 27.1 Å². The average molecular weight is 519 g/mol. The summed E-state index contributed by atoms with van der Waals surface area (Å²) in [7, 11) is 1.42. The van der Waals surface area contributed by atoms with Crippen LogP contribution in [0.15, 0.2) is 72.8 Å². The number of carbonyl (C=O) groups excluding carboxylic acids is 1. The van der Waals surface area contributed by atoms with Gasteiger partial charge in [-0.25, -0.2) is 0 Å². The van der Waals surface area contributed by atoms with Gasteiger partial charge in [-0.3, -0.25) is 9.59 Å². The topological polar surface area (TPSA) is 93.6 Å². The summed E-state index contributed by atoms with van der Waals surface area (Å²) in [5.74, 6) is -0.994. The maximum absolute atomic E-state index is 11.4. The van der Waals surface area contributed by atoms with Gasteiger partial charge in [-0.05, 0) is 60.4 Å². The second-order valence-electron chi connectivity index (χ2n) is 7.46. The smallest absolute Gasteiger partial charge is 0.870 e. The summed E-state index contributed by atoms with van der Waals surface area (Å²) in [5, 5.41) is 8.85. The zero-order chi connectivity index (χ0) is 23.8. The summed E-state index contributed by atoms with van der Waals surface area (Å²) >= 11 is 3.43. The quantitative estimate of drug-likeness (QED) is 0.311. The van der Waals surface area contributed by atoms with Gasteiger partial charge >= 0.3 is 41.5 Å². The fraction of sp³-hybridized carbons (Fsp3) is 0.185. The Bertz CT molecular complexity index is 1250. The molecular formula is C27H27NaO5S2. The second kappa shape index (κ2) is 15.0. The van der Waals surface area contributed by atoms with Crippen LogP contribution < -0.4 is 29.6 Å². The van der Waals surface area contributed by atoms with E-state index in [9.17, 15) is 9.59 Å². The van der Waals surface area contributed by atoms with Crippen LogP contribution in [0.3, 0.4) is 0 Å². The Hall–Kier alpha value is -2.26.